The van der Waals surface area contributed by atoms with E-state index >= 15 is 0 Å². The van der Waals surface area contributed by atoms with Crippen LogP contribution in [0.25, 0.3) is 0 Å². The van der Waals surface area contributed by atoms with Gasteiger partial charge in [0.05, 0.1) is 6.21 Å². The third-order valence-electron chi connectivity index (χ3n) is 3.89. The lowest BCUT2D eigenvalue weighted by molar-refractivity contribution is 0.131. The average molecular weight is 295 g/mol. The Balaban J connectivity index is 1.51. The summed E-state index contributed by atoms with van der Waals surface area (Å²) in [5, 5.41) is 16.3. The summed E-state index contributed by atoms with van der Waals surface area (Å²) in [5.74, 6) is 0.272. The minimum absolute atomic E-state index is 0.272. The standard InChI is InChI=1S/C18H21N3O/c22-18-9-5-4-8-17(18)14-19-21-12-10-20(11-13-21)15-16-6-2-1-3-7-16/h1-9,14,22H,10-13,15H2/b19-14+. The molecule has 4 nitrogen and oxygen atoms in total. The van der Waals surface area contributed by atoms with Crippen molar-refractivity contribution in [3.05, 3.63) is 65.7 Å². The predicted molar refractivity (Wildman–Crippen MR) is 89.0 cm³/mol. The first-order valence-electron chi connectivity index (χ1n) is 7.64. The molecule has 114 valence electrons. The van der Waals surface area contributed by atoms with Crippen LogP contribution in [0.4, 0.5) is 0 Å². The summed E-state index contributed by atoms with van der Waals surface area (Å²) < 4.78 is 0. The number of nitrogens with zero attached hydrogens (tertiary/aromatic N) is 3. The van der Waals surface area contributed by atoms with Crippen LogP contribution in [-0.2, 0) is 6.54 Å². The molecule has 1 aliphatic rings. The fraction of sp³-hybridized carbons (Fsp3) is 0.278. The molecule has 0 atom stereocenters. The maximum atomic E-state index is 9.73. The van der Waals surface area contributed by atoms with Crippen molar-refractivity contribution in [1.29, 1.82) is 0 Å². The zero-order chi connectivity index (χ0) is 15.2. The summed E-state index contributed by atoms with van der Waals surface area (Å²) in [5.41, 5.74) is 2.11. The number of benzene rings is 2. The predicted octanol–water partition coefficient (Wildman–Crippen LogP) is 2.54. The fourth-order valence-electron chi connectivity index (χ4n) is 2.59. The zero-order valence-corrected chi connectivity index (χ0v) is 12.6. The highest BCUT2D eigenvalue weighted by Gasteiger charge is 2.15. The van der Waals surface area contributed by atoms with Gasteiger partial charge in [0.1, 0.15) is 5.75 Å². The molecule has 0 unspecified atom stereocenters. The van der Waals surface area contributed by atoms with E-state index in [0.29, 0.717) is 0 Å². The third-order valence-corrected chi connectivity index (χ3v) is 3.89. The van der Waals surface area contributed by atoms with Crippen LogP contribution < -0.4 is 0 Å². The van der Waals surface area contributed by atoms with Gasteiger partial charge in [0, 0.05) is 38.3 Å². The van der Waals surface area contributed by atoms with Crippen molar-refractivity contribution in [1.82, 2.24) is 9.91 Å². The molecule has 0 bridgehead atoms. The largest absolute Gasteiger partial charge is 0.507 e. The average Bonchev–Trinajstić information content (AvgIpc) is 2.56. The van der Waals surface area contributed by atoms with E-state index in [1.165, 1.54) is 5.56 Å². The van der Waals surface area contributed by atoms with E-state index in [2.05, 4.69) is 45.3 Å². The first-order chi connectivity index (χ1) is 10.8. The Labute approximate surface area is 131 Å². The highest BCUT2D eigenvalue weighted by molar-refractivity contribution is 5.82. The lowest BCUT2D eigenvalue weighted by atomic mass is 10.2. The number of piperazine rings is 1. The van der Waals surface area contributed by atoms with Gasteiger partial charge in [-0.2, -0.15) is 5.10 Å². The molecule has 2 aromatic carbocycles. The van der Waals surface area contributed by atoms with E-state index in [-0.39, 0.29) is 5.75 Å². The molecular weight excluding hydrogens is 274 g/mol. The summed E-state index contributed by atoms with van der Waals surface area (Å²) in [7, 11) is 0. The first kappa shape index (κ1) is 14.6. The Kier molecular flexibility index (Phi) is 4.71. The molecule has 0 saturated carbocycles. The van der Waals surface area contributed by atoms with E-state index in [4.69, 9.17) is 0 Å². The summed E-state index contributed by atoms with van der Waals surface area (Å²) in [6.45, 7) is 4.84. The van der Waals surface area contributed by atoms with Crippen LogP contribution in [-0.4, -0.2) is 47.4 Å². The van der Waals surface area contributed by atoms with Crippen molar-refractivity contribution < 1.29 is 5.11 Å². The van der Waals surface area contributed by atoms with E-state index in [1.54, 1.807) is 12.3 Å². The number of hydrogen-bond acceptors (Lipinski definition) is 4. The van der Waals surface area contributed by atoms with Crippen LogP contribution in [0.15, 0.2) is 59.7 Å². The second kappa shape index (κ2) is 7.09. The molecule has 1 N–H and O–H groups in total. The summed E-state index contributed by atoms with van der Waals surface area (Å²) >= 11 is 0. The smallest absolute Gasteiger partial charge is 0.124 e. The van der Waals surface area contributed by atoms with Gasteiger partial charge in [-0.15, -0.1) is 0 Å². The van der Waals surface area contributed by atoms with Gasteiger partial charge in [0.2, 0.25) is 0 Å². The van der Waals surface area contributed by atoms with Gasteiger partial charge < -0.3 is 5.11 Å². The van der Waals surface area contributed by atoms with Gasteiger partial charge in [-0.3, -0.25) is 9.91 Å². The monoisotopic (exact) mass is 295 g/mol. The molecule has 0 amide bonds. The van der Waals surface area contributed by atoms with Crippen LogP contribution in [0.2, 0.25) is 0 Å². The second-order valence-electron chi connectivity index (χ2n) is 5.52. The number of phenolic OH excluding ortho intramolecular Hbond substituents is 1. The van der Waals surface area contributed by atoms with Gasteiger partial charge in [-0.05, 0) is 17.7 Å². The molecule has 1 aliphatic heterocycles. The molecular formula is C18H21N3O. The normalized spacial score (nSPS) is 16.3. The van der Waals surface area contributed by atoms with E-state index in [9.17, 15) is 5.11 Å². The maximum Gasteiger partial charge on any atom is 0.124 e. The molecule has 0 spiro atoms. The van der Waals surface area contributed by atoms with Gasteiger partial charge in [-0.25, -0.2) is 0 Å². The molecule has 3 rings (SSSR count). The molecule has 1 fully saturated rings. The Hall–Kier alpha value is -2.33. The van der Waals surface area contributed by atoms with Gasteiger partial charge in [0.15, 0.2) is 0 Å². The Bertz CT molecular complexity index is 619. The SMILES string of the molecule is Oc1ccccc1/C=N/N1CCN(Cc2ccccc2)CC1. The summed E-state index contributed by atoms with van der Waals surface area (Å²) in [6, 6.07) is 17.8. The number of phenols is 1. The molecule has 1 saturated heterocycles. The van der Waals surface area contributed by atoms with Gasteiger partial charge in [0.25, 0.3) is 0 Å². The van der Waals surface area contributed by atoms with Crippen LogP contribution in [0.5, 0.6) is 5.75 Å². The van der Waals surface area contributed by atoms with Crippen LogP contribution in [0.3, 0.4) is 0 Å². The quantitative estimate of drug-likeness (QED) is 0.881. The highest BCUT2D eigenvalue weighted by atomic mass is 16.3. The van der Waals surface area contributed by atoms with Gasteiger partial charge in [-0.1, -0.05) is 42.5 Å². The molecule has 1 heterocycles. The number of hydrazone groups is 1. The van der Waals surface area contributed by atoms with Crippen LogP contribution in [0, 0.1) is 0 Å². The highest BCUT2D eigenvalue weighted by Crippen LogP contribution is 2.13. The number of rotatable bonds is 4. The topological polar surface area (TPSA) is 39.1 Å². The molecule has 0 radical (unpaired) electrons. The van der Waals surface area contributed by atoms with Crippen molar-refractivity contribution in [2.75, 3.05) is 26.2 Å². The number of para-hydroxylation sites is 1. The minimum Gasteiger partial charge on any atom is -0.507 e. The lowest BCUT2D eigenvalue weighted by Crippen LogP contribution is -2.43. The Morgan fingerprint density at radius 2 is 1.59 bits per heavy atom. The molecule has 22 heavy (non-hydrogen) atoms. The number of aromatic hydroxyl groups is 1. The van der Waals surface area contributed by atoms with E-state index in [1.807, 2.05) is 18.2 Å². The maximum absolute atomic E-state index is 9.73. The van der Waals surface area contributed by atoms with Crippen molar-refractivity contribution in [3.8, 4) is 5.75 Å². The third kappa shape index (κ3) is 3.86. The fourth-order valence-corrected chi connectivity index (χ4v) is 2.59. The van der Waals surface area contributed by atoms with Crippen LogP contribution >= 0.6 is 0 Å². The first-order valence-corrected chi connectivity index (χ1v) is 7.64. The second-order valence-corrected chi connectivity index (χ2v) is 5.52. The van der Waals surface area contributed by atoms with Crippen LogP contribution in [0.1, 0.15) is 11.1 Å². The Morgan fingerprint density at radius 1 is 0.909 bits per heavy atom. The molecule has 0 aromatic heterocycles. The molecule has 2 aromatic rings. The lowest BCUT2D eigenvalue weighted by Gasteiger charge is -2.33. The van der Waals surface area contributed by atoms with Gasteiger partial charge >= 0.3 is 0 Å². The van der Waals surface area contributed by atoms with E-state index < -0.39 is 0 Å². The van der Waals surface area contributed by atoms with E-state index in [0.717, 1.165) is 38.3 Å². The molecule has 0 aliphatic carbocycles. The van der Waals surface area contributed by atoms with Crippen molar-refractivity contribution in [3.63, 3.8) is 0 Å². The summed E-state index contributed by atoms with van der Waals surface area (Å²) in [4.78, 5) is 2.45. The zero-order valence-electron chi connectivity index (χ0n) is 12.6. The Morgan fingerprint density at radius 3 is 2.32 bits per heavy atom. The molecule has 4 heteroatoms. The van der Waals surface area contributed by atoms with Crippen molar-refractivity contribution in [2.45, 2.75) is 6.54 Å². The van der Waals surface area contributed by atoms with Crippen molar-refractivity contribution >= 4 is 6.21 Å². The van der Waals surface area contributed by atoms with Crippen molar-refractivity contribution in [2.24, 2.45) is 5.10 Å². The summed E-state index contributed by atoms with van der Waals surface area (Å²) in [6.07, 6.45) is 1.74. The number of hydrogen-bond donors (Lipinski definition) is 1. The minimum atomic E-state index is 0.272.